The van der Waals surface area contributed by atoms with Crippen molar-refractivity contribution in [1.29, 1.82) is 0 Å². The first-order valence-electron chi connectivity index (χ1n) is 8.03. The van der Waals surface area contributed by atoms with E-state index in [0.717, 1.165) is 4.47 Å². The van der Waals surface area contributed by atoms with Crippen LogP contribution in [0.1, 0.15) is 21.6 Å². The number of nitrogens with one attached hydrogen (secondary N) is 2. The summed E-state index contributed by atoms with van der Waals surface area (Å²) < 4.78 is 2.24. The highest BCUT2D eigenvalue weighted by Gasteiger charge is 2.18. The summed E-state index contributed by atoms with van der Waals surface area (Å²) in [7, 11) is 0. The molecule has 10 heteroatoms. The fraction of sp³-hybridized carbons (Fsp3) is 0.0556. The molecule has 0 aliphatic rings. The predicted octanol–water partition coefficient (Wildman–Crippen LogP) is 2.91. The first kappa shape index (κ1) is 19.2. The predicted molar refractivity (Wildman–Crippen MR) is 107 cm³/mol. The van der Waals surface area contributed by atoms with Crippen LogP contribution in [0.25, 0.3) is 5.69 Å². The van der Waals surface area contributed by atoms with Crippen LogP contribution in [0, 0.1) is 17.0 Å². The number of H-pyrrole nitrogens is 1. The monoisotopic (exact) mass is 443 g/mol. The van der Waals surface area contributed by atoms with Gasteiger partial charge in [-0.3, -0.25) is 24.8 Å². The van der Waals surface area contributed by atoms with Crippen LogP contribution in [0.5, 0.6) is 0 Å². The van der Waals surface area contributed by atoms with Crippen LogP contribution in [-0.2, 0) is 0 Å². The molecule has 2 aromatic carbocycles. The van der Waals surface area contributed by atoms with Crippen molar-refractivity contribution < 1.29 is 9.72 Å². The first-order chi connectivity index (χ1) is 13.4. The van der Waals surface area contributed by atoms with Crippen LogP contribution >= 0.6 is 15.9 Å². The van der Waals surface area contributed by atoms with Crippen LogP contribution in [0.3, 0.4) is 0 Å². The second kappa shape index (κ2) is 8.01. The van der Waals surface area contributed by atoms with Crippen molar-refractivity contribution in [2.24, 2.45) is 5.10 Å². The molecule has 142 valence electrons. The molecule has 3 aromatic rings. The lowest BCUT2D eigenvalue weighted by Crippen LogP contribution is -2.21. The first-order valence-corrected chi connectivity index (χ1v) is 8.82. The van der Waals surface area contributed by atoms with E-state index >= 15 is 0 Å². The van der Waals surface area contributed by atoms with Crippen LogP contribution in [-0.4, -0.2) is 26.8 Å². The fourth-order valence-corrected chi connectivity index (χ4v) is 2.79. The van der Waals surface area contributed by atoms with Gasteiger partial charge in [0.1, 0.15) is 5.56 Å². The van der Waals surface area contributed by atoms with Gasteiger partial charge in [-0.15, -0.1) is 0 Å². The number of halogens is 1. The highest BCUT2D eigenvalue weighted by molar-refractivity contribution is 9.10. The molecule has 0 atom stereocenters. The molecule has 0 saturated carbocycles. The average Bonchev–Trinajstić information content (AvgIpc) is 2.96. The number of nitro groups is 1. The van der Waals surface area contributed by atoms with E-state index in [2.05, 4.69) is 31.6 Å². The Hall–Kier alpha value is -3.53. The molecule has 0 aliphatic heterocycles. The van der Waals surface area contributed by atoms with Gasteiger partial charge in [0.25, 0.3) is 17.2 Å². The van der Waals surface area contributed by atoms with E-state index in [4.69, 9.17) is 0 Å². The van der Waals surface area contributed by atoms with Crippen LogP contribution < -0.4 is 11.0 Å². The van der Waals surface area contributed by atoms with Crippen molar-refractivity contribution in [2.45, 2.75) is 6.92 Å². The van der Waals surface area contributed by atoms with Crippen LogP contribution in [0.2, 0.25) is 0 Å². The SMILES string of the molecule is Cc1[nH]n(-c2ccc(Br)cc2)c(=O)c1C=NNC(=O)c1ccccc1[N+](=O)[O-]. The van der Waals surface area contributed by atoms with Crippen molar-refractivity contribution >= 4 is 33.7 Å². The van der Waals surface area contributed by atoms with Gasteiger partial charge < -0.3 is 0 Å². The molecule has 0 saturated heterocycles. The summed E-state index contributed by atoms with van der Waals surface area (Å²) >= 11 is 3.34. The number of hydrogen-bond acceptors (Lipinski definition) is 5. The molecule has 0 bridgehead atoms. The quantitative estimate of drug-likeness (QED) is 0.357. The fourth-order valence-electron chi connectivity index (χ4n) is 2.52. The number of hydrogen-bond donors (Lipinski definition) is 2. The zero-order chi connectivity index (χ0) is 20.3. The summed E-state index contributed by atoms with van der Waals surface area (Å²) in [6, 6.07) is 12.7. The van der Waals surface area contributed by atoms with Gasteiger partial charge in [0.05, 0.1) is 22.4 Å². The number of aromatic nitrogens is 2. The third-order valence-corrected chi connectivity index (χ3v) is 4.44. The van der Waals surface area contributed by atoms with E-state index in [1.165, 1.54) is 35.2 Å². The second-order valence-electron chi connectivity index (χ2n) is 5.74. The molecule has 9 nitrogen and oxygen atoms in total. The minimum absolute atomic E-state index is 0.122. The molecule has 0 unspecified atom stereocenters. The third-order valence-electron chi connectivity index (χ3n) is 3.91. The minimum Gasteiger partial charge on any atom is -0.295 e. The molecular weight excluding hydrogens is 430 g/mol. The number of carbonyl (C=O) groups excluding carboxylic acids is 1. The summed E-state index contributed by atoms with van der Waals surface area (Å²) in [5.74, 6) is -0.745. The van der Waals surface area contributed by atoms with Crippen LogP contribution in [0.15, 0.2) is 62.9 Å². The largest absolute Gasteiger partial charge is 0.295 e. The number of carbonyl (C=O) groups is 1. The number of amides is 1. The Morgan fingerprint density at radius 3 is 2.61 bits per heavy atom. The average molecular weight is 444 g/mol. The van der Waals surface area contributed by atoms with Gasteiger partial charge in [-0.2, -0.15) is 5.10 Å². The number of hydrazone groups is 1. The Bertz CT molecular complexity index is 1130. The molecule has 0 fully saturated rings. The number of para-hydroxylation sites is 1. The van der Waals surface area contributed by atoms with Crippen molar-refractivity contribution in [3.05, 3.63) is 90.3 Å². The molecule has 0 spiro atoms. The normalized spacial score (nSPS) is 10.9. The van der Waals surface area contributed by atoms with Gasteiger partial charge in [-0.1, -0.05) is 28.1 Å². The van der Waals surface area contributed by atoms with E-state index in [9.17, 15) is 19.7 Å². The van der Waals surface area contributed by atoms with E-state index in [1.54, 1.807) is 31.2 Å². The zero-order valence-corrected chi connectivity index (χ0v) is 16.1. The number of benzene rings is 2. The Labute approximate surface area is 167 Å². The number of rotatable bonds is 5. The van der Waals surface area contributed by atoms with Crippen LogP contribution in [0.4, 0.5) is 5.69 Å². The van der Waals surface area contributed by atoms with Gasteiger partial charge in [-0.25, -0.2) is 10.1 Å². The standard InChI is InChI=1S/C18H14BrN5O4/c1-11-15(18(26)23(22-11)13-8-6-12(19)7-9-13)10-20-21-17(25)14-4-2-3-5-16(14)24(27)28/h2-10,22H,1H3,(H,21,25). The zero-order valence-electron chi connectivity index (χ0n) is 14.5. The topological polar surface area (TPSA) is 122 Å². The summed E-state index contributed by atoms with van der Waals surface area (Å²) in [5, 5.41) is 17.7. The van der Waals surface area contributed by atoms with Crippen molar-refractivity contribution in [3.8, 4) is 5.69 Å². The Morgan fingerprint density at radius 2 is 1.93 bits per heavy atom. The molecule has 28 heavy (non-hydrogen) atoms. The van der Waals surface area contributed by atoms with Gasteiger partial charge in [0, 0.05) is 16.2 Å². The minimum atomic E-state index is -0.745. The summed E-state index contributed by atoms with van der Waals surface area (Å²) in [5.41, 5.74) is 2.86. The van der Waals surface area contributed by atoms with E-state index in [-0.39, 0.29) is 22.4 Å². The van der Waals surface area contributed by atoms with E-state index in [0.29, 0.717) is 11.4 Å². The van der Waals surface area contributed by atoms with Crippen molar-refractivity contribution in [3.63, 3.8) is 0 Å². The number of aryl methyl sites for hydroxylation is 1. The number of nitro benzene ring substituents is 1. The summed E-state index contributed by atoms with van der Waals surface area (Å²) in [6.07, 6.45) is 1.20. The van der Waals surface area contributed by atoms with Gasteiger partial charge in [0.15, 0.2) is 0 Å². The Balaban J connectivity index is 1.82. The molecule has 1 heterocycles. The lowest BCUT2D eigenvalue weighted by Gasteiger charge is -2.01. The summed E-state index contributed by atoms with van der Waals surface area (Å²) in [4.78, 5) is 35.1. The van der Waals surface area contributed by atoms with Crippen molar-refractivity contribution in [1.82, 2.24) is 15.2 Å². The lowest BCUT2D eigenvalue weighted by molar-refractivity contribution is -0.385. The number of aromatic amines is 1. The maximum atomic E-state index is 12.6. The molecule has 1 aromatic heterocycles. The molecule has 3 rings (SSSR count). The van der Waals surface area contributed by atoms with Gasteiger partial charge >= 0.3 is 0 Å². The highest BCUT2D eigenvalue weighted by atomic mass is 79.9. The van der Waals surface area contributed by atoms with Crippen molar-refractivity contribution in [2.75, 3.05) is 0 Å². The van der Waals surface area contributed by atoms with Gasteiger partial charge in [-0.05, 0) is 37.3 Å². The highest BCUT2D eigenvalue weighted by Crippen LogP contribution is 2.17. The maximum absolute atomic E-state index is 12.6. The Morgan fingerprint density at radius 1 is 1.25 bits per heavy atom. The maximum Gasteiger partial charge on any atom is 0.282 e. The molecule has 2 N–H and O–H groups in total. The lowest BCUT2D eigenvalue weighted by atomic mass is 10.2. The smallest absolute Gasteiger partial charge is 0.282 e. The van der Waals surface area contributed by atoms with E-state index in [1.807, 2.05) is 0 Å². The molecule has 1 amide bonds. The summed E-state index contributed by atoms with van der Waals surface area (Å²) in [6.45, 7) is 1.70. The van der Waals surface area contributed by atoms with E-state index < -0.39 is 10.8 Å². The Kier molecular flexibility index (Phi) is 5.50. The van der Waals surface area contributed by atoms with Gasteiger partial charge in [0.2, 0.25) is 0 Å². The molecular formula is C18H14BrN5O4. The second-order valence-corrected chi connectivity index (χ2v) is 6.66. The third kappa shape index (κ3) is 3.91. The molecule has 0 radical (unpaired) electrons. The molecule has 0 aliphatic carbocycles. The number of nitrogens with zero attached hydrogens (tertiary/aromatic N) is 3.